The number of rotatable bonds is 43. The molecule has 35 heteroatoms. The molecule has 0 radical (unpaired) electrons. The van der Waals surface area contributed by atoms with Crippen molar-refractivity contribution in [3.8, 4) is 5.75 Å². The highest BCUT2D eigenvalue weighted by atomic mass is 31.2. The number of carbonyl (C=O) groups excluding carboxylic acids is 5. The normalized spacial score (nSPS) is 23.7. The van der Waals surface area contributed by atoms with E-state index in [0.717, 1.165) is 12.1 Å². The second-order valence-electron chi connectivity index (χ2n) is 26.2. The number of piperazine rings is 1. The predicted molar refractivity (Wildman–Crippen MR) is 374 cm³/mol. The van der Waals surface area contributed by atoms with Crippen molar-refractivity contribution in [2.24, 2.45) is 38.8 Å². The molecule has 0 bridgehead atoms. The number of likely N-dealkylation sites (N-methyl/N-ethyl adjacent to an activating group) is 2. The lowest BCUT2D eigenvalue weighted by molar-refractivity contribution is -0.133. The van der Waals surface area contributed by atoms with Gasteiger partial charge in [-0.25, -0.2) is 23.4 Å². The number of phenols is 1. The summed E-state index contributed by atoms with van der Waals surface area (Å²) in [6, 6.07) is 4.95. The molecule has 4 aliphatic heterocycles. The van der Waals surface area contributed by atoms with Gasteiger partial charge in [0.2, 0.25) is 17.7 Å². The van der Waals surface area contributed by atoms with Crippen molar-refractivity contribution < 1.29 is 70.6 Å². The summed E-state index contributed by atoms with van der Waals surface area (Å²) < 4.78 is 90.3. The van der Waals surface area contributed by atoms with Crippen LogP contribution in [0.2, 0.25) is 0 Å². The zero-order valence-corrected chi connectivity index (χ0v) is 61.7. The van der Waals surface area contributed by atoms with Gasteiger partial charge in [0.15, 0.2) is 23.5 Å². The molecule has 1 aromatic rings. The molecule has 0 saturated carbocycles. The Morgan fingerprint density at radius 3 is 1.70 bits per heavy atom. The number of aliphatic imine (C=N–C) groups is 2. The summed E-state index contributed by atoms with van der Waals surface area (Å²) in [4.78, 5) is 79.8. The molecule has 97 heavy (non-hydrogen) atoms. The summed E-state index contributed by atoms with van der Waals surface area (Å²) in [5, 5.41) is 21.8. The summed E-state index contributed by atoms with van der Waals surface area (Å²) in [6.07, 6.45) is 2.51. The fraction of sp³-hybridized carbons (Fsp3) is 0.790. The van der Waals surface area contributed by atoms with Crippen LogP contribution >= 0.6 is 22.9 Å². The minimum absolute atomic E-state index is 0.0238. The first-order chi connectivity index (χ1) is 46.0. The lowest BCUT2D eigenvalue weighted by Gasteiger charge is -2.44. The number of aromatic hydroxyl groups is 1. The summed E-state index contributed by atoms with van der Waals surface area (Å²) in [5.74, 6) is -2.10. The van der Waals surface area contributed by atoms with Gasteiger partial charge in [-0.3, -0.25) is 47.7 Å². The molecular formula is C62H116N17O15P3. The molecule has 0 aromatic heterocycles. The van der Waals surface area contributed by atoms with E-state index in [0.29, 0.717) is 64.6 Å². The molecule has 13 N–H and O–H groups in total. The van der Waals surface area contributed by atoms with Crippen molar-refractivity contribution in [1.29, 1.82) is 0 Å². The van der Waals surface area contributed by atoms with E-state index >= 15 is 4.57 Å². The molecule has 3 amide bonds. The Bertz CT molecular complexity index is 2820. The Hall–Kier alpha value is -4.56. The zero-order valence-electron chi connectivity index (χ0n) is 59.1. The number of morpholine rings is 3. The molecule has 12 atom stereocenters. The minimum Gasteiger partial charge on any atom is -0.508 e. The standard InChI is InChI=1S/C62H116N17O15P3/c1-45-35-75(10)38-51(92-45)41-89-95(86,44-67-4)78-36-46(2)93-52(39-78)42-91-97(88,74(8)9)79-37-47(3)94-53(40-79)43-90-96(87,73(6)7)77-31-29-76(30-32-77)59(84)25-28-69-58(83)20-14-12-11-13-19-56(81)55(18-16-27-71-62(65)66)72-60(85)49(33-48-21-23-50(80)24-22-48)34-57(82)54(68-5)17-15-26-70-61(63)64/h21-24,45-47,49,51-55,67-68,80H,11-20,25-44H2,1-10H3,(H,69,83)(H,72,85)(H4,63,64,70)(H4,65,66,71). The second kappa shape index (κ2) is 41.4. The van der Waals surface area contributed by atoms with E-state index in [-0.39, 0.29) is 183 Å². The van der Waals surface area contributed by atoms with Crippen molar-refractivity contribution >= 4 is 64.1 Å². The van der Waals surface area contributed by atoms with Crippen LogP contribution in [-0.2, 0) is 71.9 Å². The van der Waals surface area contributed by atoms with Crippen LogP contribution in [0.5, 0.6) is 5.75 Å². The summed E-state index contributed by atoms with van der Waals surface area (Å²) in [6.45, 7) is 10.1. The molecule has 554 valence electrons. The van der Waals surface area contributed by atoms with Crippen LogP contribution in [0.3, 0.4) is 0 Å². The quantitative estimate of drug-likeness (QED) is 0.0195. The van der Waals surface area contributed by atoms with Gasteiger partial charge in [0, 0.05) is 117 Å². The highest BCUT2D eigenvalue weighted by molar-refractivity contribution is 7.56. The number of unbranched alkanes of at least 4 members (excludes halogenated alkanes) is 3. The summed E-state index contributed by atoms with van der Waals surface area (Å²) in [7, 11) is 1.38. The van der Waals surface area contributed by atoms with Crippen molar-refractivity contribution in [1.82, 2.24) is 54.4 Å². The largest absolute Gasteiger partial charge is 0.508 e. The molecule has 0 aliphatic carbocycles. The third-order valence-electron chi connectivity index (χ3n) is 17.4. The molecule has 12 unspecified atom stereocenters. The number of nitrogens with zero attached hydrogens (tertiary/aromatic N) is 9. The Labute approximate surface area is 574 Å². The number of nitrogens with two attached hydrogens (primary N) is 4. The molecule has 4 fully saturated rings. The number of hydrogen-bond acceptors (Lipinski definition) is 20. The van der Waals surface area contributed by atoms with Crippen molar-refractivity contribution in [3.63, 3.8) is 0 Å². The van der Waals surface area contributed by atoms with Crippen LogP contribution in [0.1, 0.15) is 103 Å². The SMILES string of the molecule is CNCP(=O)(OCC1CN(C)CC(C)O1)N1CC(C)OC(COP(=O)(N(C)C)N2CC(C)OC(COP(=O)(N(C)C)N3CCN(C(=O)CCNC(=O)CCCCCCC(=O)C(CCCN=C(N)N)NC(=O)C(CC(=O)C(CCCN=C(N)N)NC)Cc4ccc(O)cc4)CC3)C2)C1. The zero-order chi connectivity index (χ0) is 71.5. The number of ether oxygens (including phenoxy) is 3. The smallest absolute Gasteiger partial charge is 0.345 e. The number of amides is 3. The third kappa shape index (κ3) is 27.7. The van der Waals surface area contributed by atoms with Crippen LogP contribution in [0.15, 0.2) is 34.3 Å². The van der Waals surface area contributed by atoms with Crippen LogP contribution in [-0.4, -0.2) is 289 Å². The number of guanidine groups is 2. The van der Waals surface area contributed by atoms with Crippen LogP contribution in [0, 0.1) is 5.92 Å². The Kier molecular flexibility index (Phi) is 35.5. The van der Waals surface area contributed by atoms with Crippen LogP contribution in [0.4, 0.5) is 0 Å². The Morgan fingerprint density at radius 2 is 1.15 bits per heavy atom. The minimum atomic E-state index is -3.72. The molecule has 5 rings (SSSR count). The second-order valence-corrected chi connectivity index (χ2v) is 33.9. The number of benzene rings is 1. The van der Waals surface area contributed by atoms with E-state index in [2.05, 4.69) is 36.2 Å². The van der Waals surface area contributed by atoms with E-state index in [4.69, 9.17) is 50.7 Å². The van der Waals surface area contributed by atoms with E-state index in [9.17, 15) is 38.2 Å². The van der Waals surface area contributed by atoms with Gasteiger partial charge in [0.05, 0.1) is 74.8 Å². The van der Waals surface area contributed by atoms with Gasteiger partial charge in [-0.15, -0.1) is 0 Å². The summed E-state index contributed by atoms with van der Waals surface area (Å²) >= 11 is 0. The van der Waals surface area contributed by atoms with Gasteiger partial charge in [-0.05, 0) is 133 Å². The first-order valence-electron chi connectivity index (χ1n) is 34.1. The number of phenolic OH excluding ortho intramolecular Hbond substituents is 1. The van der Waals surface area contributed by atoms with E-state index in [1.807, 2.05) is 32.5 Å². The van der Waals surface area contributed by atoms with Gasteiger partial charge in [0.25, 0.3) is 7.52 Å². The Balaban J connectivity index is 1.04. The van der Waals surface area contributed by atoms with Crippen molar-refractivity contribution in [2.75, 3.05) is 161 Å². The molecular weight excluding hydrogens is 1320 g/mol. The van der Waals surface area contributed by atoms with E-state index in [1.165, 1.54) is 12.1 Å². The van der Waals surface area contributed by atoms with Gasteiger partial charge in [0.1, 0.15) is 5.75 Å². The first-order valence-corrected chi connectivity index (χ1v) is 38.9. The lowest BCUT2D eigenvalue weighted by Crippen LogP contribution is -2.51. The Morgan fingerprint density at radius 1 is 0.639 bits per heavy atom. The van der Waals surface area contributed by atoms with Gasteiger partial charge >= 0.3 is 15.3 Å². The number of Topliss-reactive ketones (excluding diaryl/α,β-unsaturated/α-hetero) is 2. The van der Waals surface area contributed by atoms with Crippen molar-refractivity contribution in [2.45, 2.75) is 153 Å². The molecule has 1 aromatic carbocycles. The fourth-order valence-electron chi connectivity index (χ4n) is 12.4. The van der Waals surface area contributed by atoms with Gasteiger partial charge < -0.3 is 86.9 Å². The maximum Gasteiger partial charge on any atom is 0.345 e. The third-order valence-corrected chi connectivity index (χ3v) is 25.0. The fourth-order valence-corrected chi connectivity index (χ4v) is 18.6. The number of carbonyl (C=O) groups is 5. The molecule has 4 heterocycles. The molecule has 4 aliphatic rings. The van der Waals surface area contributed by atoms with Crippen LogP contribution < -0.4 is 44.2 Å². The van der Waals surface area contributed by atoms with E-state index < -0.39 is 65.1 Å². The van der Waals surface area contributed by atoms with Crippen LogP contribution in [0.25, 0.3) is 0 Å². The topological polar surface area (TPSA) is 412 Å². The first kappa shape index (κ1) is 83.1. The predicted octanol–water partition coefficient (Wildman–Crippen LogP) is 1.91. The summed E-state index contributed by atoms with van der Waals surface area (Å²) in [5.41, 5.74) is 22.7. The highest BCUT2D eigenvalue weighted by Gasteiger charge is 2.46. The monoisotopic (exact) mass is 1430 g/mol. The van der Waals surface area contributed by atoms with E-state index in [1.54, 1.807) is 78.0 Å². The molecule has 0 spiro atoms. The average Bonchev–Trinajstić information content (AvgIpc) is 0.807. The number of hydrogen-bond donors (Lipinski definition) is 9. The maximum absolute atomic E-state index is 15.0. The highest BCUT2D eigenvalue weighted by Crippen LogP contribution is 2.56. The molecule has 4 saturated heterocycles. The van der Waals surface area contributed by atoms with Crippen molar-refractivity contribution in [3.05, 3.63) is 29.8 Å². The lowest BCUT2D eigenvalue weighted by atomic mass is 9.89. The van der Waals surface area contributed by atoms with Gasteiger partial charge in [-0.1, -0.05) is 25.0 Å². The number of nitrogens with one attached hydrogen (secondary N) is 4. The van der Waals surface area contributed by atoms with Gasteiger partial charge in [-0.2, -0.15) is 0 Å². The molecule has 32 nitrogen and oxygen atoms in total. The maximum atomic E-state index is 15.0. The average molecular weight is 1430 g/mol. The number of ketones is 2.